The highest BCUT2D eigenvalue weighted by Gasteiger charge is 2.13. The third kappa shape index (κ3) is 5.69. The van der Waals surface area contributed by atoms with Crippen molar-refractivity contribution in [1.82, 2.24) is 10.3 Å². The van der Waals surface area contributed by atoms with Gasteiger partial charge in [0.1, 0.15) is 6.61 Å². The monoisotopic (exact) mass is 349 g/mol. The predicted molar refractivity (Wildman–Crippen MR) is 99.1 cm³/mol. The van der Waals surface area contributed by atoms with Gasteiger partial charge in [-0.1, -0.05) is 29.8 Å². The van der Waals surface area contributed by atoms with Gasteiger partial charge < -0.3 is 15.4 Å². The molecule has 0 spiro atoms. The van der Waals surface area contributed by atoms with Crippen LogP contribution in [0.4, 0.5) is 5.82 Å². The van der Waals surface area contributed by atoms with E-state index in [2.05, 4.69) is 15.6 Å². The van der Waals surface area contributed by atoms with Gasteiger partial charge in [-0.05, 0) is 51.2 Å². The smallest absolute Gasteiger partial charge is 0.174 e. The molecule has 0 fully saturated rings. The normalized spacial score (nSPS) is 11.0. The number of nitrogens with one attached hydrogen (secondary N) is 2. The Hall–Kier alpha value is -1.85. The fourth-order valence-corrected chi connectivity index (χ4v) is 2.44. The van der Waals surface area contributed by atoms with E-state index in [9.17, 15) is 0 Å². The molecule has 0 bridgehead atoms. The lowest BCUT2D eigenvalue weighted by atomic mass is 10.1. The Morgan fingerprint density at radius 1 is 1.22 bits per heavy atom. The summed E-state index contributed by atoms with van der Waals surface area (Å²) in [5.74, 6) is 1.19. The summed E-state index contributed by atoms with van der Waals surface area (Å²) in [6.45, 7) is 6.47. The minimum absolute atomic E-state index is 0.128. The van der Waals surface area contributed by atoms with Gasteiger partial charge in [0.25, 0.3) is 0 Å². The van der Waals surface area contributed by atoms with Crippen molar-refractivity contribution in [3.63, 3.8) is 0 Å². The standard InChI is InChI=1S/C17H20ClN3OS/c1-17(2,3)21-16(23)20-15-14(9-6-10-19-15)22-11-12-7-4-5-8-13(12)18/h4-10H,11H2,1-3H3,(H2,19,20,21,23). The highest BCUT2D eigenvalue weighted by molar-refractivity contribution is 7.80. The van der Waals surface area contributed by atoms with Gasteiger partial charge in [0.2, 0.25) is 0 Å². The molecule has 0 radical (unpaired) electrons. The van der Waals surface area contributed by atoms with Crippen LogP contribution >= 0.6 is 23.8 Å². The molecule has 0 saturated carbocycles. The average molecular weight is 350 g/mol. The van der Waals surface area contributed by atoms with Crippen molar-refractivity contribution in [1.29, 1.82) is 0 Å². The number of ether oxygens (including phenoxy) is 1. The first kappa shape index (κ1) is 17.5. The number of benzene rings is 1. The minimum atomic E-state index is -0.128. The van der Waals surface area contributed by atoms with Gasteiger partial charge in [0.05, 0.1) is 0 Å². The van der Waals surface area contributed by atoms with Gasteiger partial charge in [0, 0.05) is 22.3 Å². The summed E-state index contributed by atoms with van der Waals surface area (Å²) in [6.07, 6.45) is 1.68. The van der Waals surface area contributed by atoms with Crippen molar-refractivity contribution >= 4 is 34.7 Å². The van der Waals surface area contributed by atoms with Crippen molar-refractivity contribution in [3.8, 4) is 5.75 Å². The summed E-state index contributed by atoms with van der Waals surface area (Å²) >= 11 is 11.4. The lowest BCUT2D eigenvalue weighted by molar-refractivity contribution is 0.307. The quantitative estimate of drug-likeness (QED) is 0.801. The molecule has 1 aromatic carbocycles. The van der Waals surface area contributed by atoms with E-state index in [0.717, 1.165) is 5.56 Å². The Labute approximate surface area is 147 Å². The molecule has 4 nitrogen and oxygen atoms in total. The van der Waals surface area contributed by atoms with Gasteiger partial charge in [-0.25, -0.2) is 4.98 Å². The molecule has 0 aliphatic heterocycles. The second kappa shape index (κ2) is 7.62. The summed E-state index contributed by atoms with van der Waals surface area (Å²) < 4.78 is 5.84. The molecule has 122 valence electrons. The van der Waals surface area contributed by atoms with Crippen molar-refractivity contribution < 1.29 is 4.74 Å². The number of hydrogen-bond donors (Lipinski definition) is 2. The molecule has 23 heavy (non-hydrogen) atoms. The molecule has 2 rings (SSSR count). The summed E-state index contributed by atoms with van der Waals surface area (Å²) in [4.78, 5) is 4.29. The Kier molecular flexibility index (Phi) is 5.80. The Morgan fingerprint density at radius 3 is 2.65 bits per heavy atom. The maximum absolute atomic E-state index is 6.15. The zero-order valence-electron chi connectivity index (χ0n) is 13.4. The summed E-state index contributed by atoms with van der Waals surface area (Å²) in [5, 5.41) is 7.43. The Morgan fingerprint density at radius 2 is 1.96 bits per heavy atom. The molecule has 2 aromatic rings. The van der Waals surface area contributed by atoms with Crippen LogP contribution < -0.4 is 15.4 Å². The van der Waals surface area contributed by atoms with Crippen molar-refractivity contribution in [2.24, 2.45) is 0 Å². The number of rotatable bonds is 4. The molecular weight excluding hydrogens is 330 g/mol. The van der Waals surface area contributed by atoms with Crippen molar-refractivity contribution in [3.05, 3.63) is 53.2 Å². The van der Waals surface area contributed by atoms with Crippen LogP contribution in [0, 0.1) is 0 Å². The molecule has 0 saturated heterocycles. The van der Waals surface area contributed by atoms with E-state index < -0.39 is 0 Å². The molecule has 0 aliphatic carbocycles. The topological polar surface area (TPSA) is 46.2 Å². The second-order valence-corrected chi connectivity index (χ2v) is 6.87. The molecule has 1 aromatic heterocycles. The maximum Gasteiger partial charge on any atom is 0.174 e. The summed E-state index contributed by atoms with van der Waals surface area (Å²) in [6, 6.07) is 11.2. The molecule has 0 aliphatic rings. The number of pyridine rings is 1. The first-order chi connectivity index (χ1) is 10.8. The van der Waals surface area contributed by atoms with E-state index >= 15 is 0 Å². The SMILES string of the molecule is CC(C)(C)NC(=S)Nc1ncccc1OCc1ccccc1Cl. The number of aromatic nitrogens is 1. The van der Waals surface area contributed by atoms with E-state index in [-0.39, 0.29) is 5.54 Å². The highest BCUT2D eigenvalue weighted by atomic mass is 35.5. The van der Waals surface area contributed by atoms with Gasteiger partial charge in [0.15, 0.2) is 16.7 Å². The van der Waals surface area contributed by atoms with Crippen LogP contribution in [0.3, 0.4) is 0 Å². The van der Waals surface area contributed by atoms with Crippen LogP contribution in [0.5, 0.6) is 5.75 Å². The summed E-state index contributed by atoms with van der Waals surface area (Å²) in [7, 11) is 0. The van der Waals surface area contributed by atoms with Gasteiger partial charge in [-0.2, -0.15) is 0 Å². The van der Waals surface area contributed by atoms with E-state index in [0.29, 0.717) is 28.3 Å². The molecule has 2 N–H and O–H groups in total. The summed E-state index contributed by atoms with van der Waals surface area (Å²) in [5.41, 5.74) is 0.789. The third-order valence-electron chi connectivity index (χ3n) is 2.83. The average Bonchev–Trinajstić information content (AvgIpc) is 2.46. The molecule has 6 heteroatoms. The number of thiocarbonyl (C=S) groups is 1. The fraction of sp³-hybridized carbons (Fsp3) is 0.294. The molecule has 0 atom stereocenters. The van der Waals surface area contributed by atoms with Gasteiger partial charge in [-0.15, -0.1) is 0 Å². The van der Waals surface area contributed by atoms with Crippen molar-refractivity contribution in [2.75, 3.05) is 5.32 Å². The number of nitrogens with zero attached hydrogens (tertiary/aromatic N) is 1. The van der Waals surface area contributed by atoms with Gasteiger partial charge >= 0.3 is 0 Å². The van der Waals surface area contributed by atoms with E-state index in [1.807, 2.05) is 57.2 Å². The predicted octanol–water partition coefficient (Wildman–Crippen LogP) is 4.40. The minimum Gasteiger partial charge on any atom is -0.485 e. The van der Waals surface area contributed by atoms with Crippen LogP contribution in [-0.4, -0.2) is 15.6 Å². The largest absolute Gasteiger partial charge is 0.485 e. The van der Waals surface area contributed by atoms with Crippen LogP contribution in [-0.2, 0) is 6.61 Å². The molecule has 0 amide bonds. The van der Waals surface area contributed by atoms with Crippen molar-refractivity contribution in [2.45, 2.75) is 32.9 Å². The zero-order valence-corrected chi connectivity index (χ0v) is 15.0. The fourth-order valence-electron chi connectivity index (χ4n) is 1.85. The van der Waals surface area contributed by atoms with Crippen LogP contribution in [0.2, 0.25) is 5.02 Å². The molecule has 1 heterocycles. The molecular formula is C17H20ClN3OS. The van der Waals surface area contributed by atoms with Gasteiger partial charge in [-0.3, -0.25) is 0 Å². The first-order valence-corrected chi connectivity index (χ1v) is 8.04. The van der Waals surface area contributed by atoms with Crippen LogP contribution in [0.25, 0.3) is 0 Å². The first-order valence-electron chi connectivity index (χ1n) is 7.25. The lowest BCUT2D eigenvalue weighted by Gasteiger charge is -2.23. The third-order valence-corrected chi connectivity index (χ3v) is 3.41. The Bertz CT molecular complexity index is 686. The molecule has 0 unspecified atom stereocenters. The second-order valence-electron chi connectivity index (χ2n) is 6.06. The zero-order chi connectivity index (χ0) is 16.9. The van der Waals surface area contributed by atoms with E-state index in [1.54, 1.807) is 6.20 Å². The maximum atomic E-state index is 6.15. The van der Waals surface area contributed by atoms with Crippen LogP contribution in [0.15, 0.2) is 42.6 Å². The lowest BCUT2D eigenvalue weighted by Crippen LogP contribution is -2.43. The van der Waals surface area contributed by atoms with Crippen LogP contribution in [0.1, 0.15) is 26.3 Å². The number of halogens is 1. The van der Waals surface area contributed by atoms with E-state index in [4.69, 9.17) is 28.6 Å². The highest BCUT2D eigenvalue weighted by Crippen LogP contribution is 2.24. The Balaban J connectivity index is 2.06. The number of hydrogen-bond acceptors (Lipinski definition) is 3. The van der Waals surface area contributed by atoms with E-state index in [1.165, 1.54) is 0 Å². The number of anilines is 1.